The molecular weight excluding hydrogens is 479 g/mol. The number of rotatable bonds is 7. The number of benzene rings is 3. The number of allylic oxidation sites excluding steroid dienone is 1. The van der Waals surface area contributed by atoms with Gasteiger partial charge in [-0.3, -0.25) is 4.79 Å². The van der Waals surface area contributed by atoms with Gasteiger partial charge in [-0.15, -0.1) is 0 Å². The van der Waals surface area contributed by atoms with Gasteiger partial charge in [0.1, 0.15) is 18.1 Å². The summed E-state index contributed by atoms with van der Waals surface area (Å²) in [6.07, 6.45) is 1.24. The quantitative estimate of drug-likeness (QED) is 0.293. The molecule has 0 aliphatic rings. The third-order valence-corrected chi connectivity index (χ3v) is 5.55. The number of ether oxygens (including phenoxy) is 1. The molecule has 0 saturated heterocycles. The maximum atomic E-state index is 12.9. The van der Waals surface area contributed by atoms with Crippen LogP contribution in [0.2, 0.25) is 5.02 Å². The molecule has 5 nitrogen and oxygen atoms in total. The second-order valence-corrected chi connectivity index (χ2v) is 8.27. The normalized spacial score (nSPS) is 12.0. The fourth-order valence-electron chi connectivity index (χ4n) is 3.01. The maximum Gasteiger partial charge on any atom is 0.446 e. The molecule has 0 fully saturated rings. The predicted molar refractivity (Wildman–Crippen MR) is 121 cm³/mol. The van der Waals surface area contributed by atoms with Gasteiger partial charge in [-0.05, 0) is 42.4 Å². The van der Waals surface area contributed by atoms with E-state index in [1.54, 1.807) is 24.3 Å². The highest BCUT2D eigenvalue weighted by atomic mass is 35.5. The van der Waals surface area contributed by atoms with Crippen molar-refractivity contribution in [3.8, 4) is 5.75 Å². The van der Waals surface area contributed by atoms with Gasteiger partial charge in [0.2, 0.25) is 0 Å². The molecule has 0 aliphatic heterocycles. The van der Waals surface area contributed by atoms with Crippen LogP contribution in [0.25, 0.3) is 10.8 Å². The molecule has 0 aliphatic carbocycles. The van der Waals surface area contributed by atoms with Gasteiger partial charge in [-0.1, -0.05) is 54.1 Å². The molecule has 172 valence electrons. The molecule has 1 amide bonds. The van der Waals surface area contributed by atoms with Gasteiger partial charge >= 0.3 is 11.5 Å². The number of carbonyl (C=O) groups excluding carboxylic acids is 1. The molecule has 3 rings (SSSR count). The van der Waals surface area contributed by atoms with Gasteiger partial charge in [0.25, 0.3) is 5.91 Å². The molecule has 0 heterocycles. The average molecular weight is 496 g/mol. The molecule has 0 unspecified atom stereocenters. The standard InChI is InChI=1S/C23H17ClF3NO4S/c1-2-19(22(30)31)28-21(29)17-11-18(24)15-5-3-4-6-16(15)20(17)32-12-13-7-9-14(10-8-13)33-23(25,26)27/h2-11H,12H2,1H3,(H,28,29)(H,30,31)/b19-2+. The van der Waals surface area contributed by atoms with Crippen LogP contribution in [-0.2, 0) is 11.4 Å². The molecule has 0 bridgehead atoms. The third kappa shape index (κ3) is 6.21. The zero-order chi connectivity index (χ0) is 24.2. The lowest BCUT2D eigenvalue weighted by molar-refractivity contribution is -0.133. The number of carbonyl (C=O) groups is 2. The average Bonchev–Trinajstić information content (AvgIpc) is 2.76. The summed E-state index contributed by atoms with van der Waals surface area (Å²) in [5, 5.41) is 12.9. The lowest BCUT2D eigenvalue weighted by atomic mass is 10.0. The molecule has 0 spiro atoms. The smallest absolute Gasteiger partial charge is 0.446 e. The van der Waals surface area contributed by atoms with E-state index in [0.717, 1.165) is 0 Å². The van der Waals surface area contributed by atoms with Crippen LogP contribution in [0, 0.1) is 0 Å². The number of alkyl halides is 3. The Morgan fingerprint density at radius 2 is 1.76 bits per heavy atom. The van der Waals surface area contributed by atoms with Crippen molar-refractivity contribution < 1.29 is 32.6 Å². The summed E-state index contributed by atoms with van der Waals surface area (Å²) < 4.78 is 43.5. The number of halogens is 4. The van der Waals surface area contributed by atoms with Gasteiger partial charge in [0, 0.05) is 20.7 Å². The zero-order valence-electron chi connectivity index (χ0n) is 17.1. The van der Waals surface area contributed by atoms with Gasteiger partial charge in [-0.2, -0.15) is 13.2 Å². The first-order chi connectivity index (χ1) is 15.6. The van der Waals surface area contributed by atoms with E-state index < -0.39 is 17.4 Å². The molecule has 0 saturated carbocycles. The second kappa shape index (κ2) is 10.2. The molecule has 33 heavy (non-hydrogen) atoms. The number of aliphatic carboxylic acids is 1. The molecule has 0 atom stereocenters. The summed E-state index contributed by atoms with van der Waals surface area (Å²) in [5.41, 5.74) is -4.10. The Hall–Kier alpha value is -3.17. The SMILES string of the molecule is C/C=C(/NC(=O)c1cc(Cl)c2ccccc2c1OCc1ccc(SC(F)(F)F)cc1)C(=O)O. The highest BCUT2D eigenvalue weighted by molar-refractivity contribution is 8.00. The number of thioether (sulfide) groups is 1. The van der Waals surface area contributed by atoms with Crippen LogP contribution in [0.5, 0.6) is 5.75 Å². The largest absolute Gasteiger partial charge is 0.487 e. The summed E-state index contributed by atoms with van der Waals surface area (Å²) in [6, 6.07) is 14.0. The number of hydrogen-bond donors (Lipinski definition) is 2. The van der Waals surface area contributed by atoms with Crippen molar-refractivity contribution >= 4 is 46.0 Å². The summed E-state index contributed by atoms with van der Waals surface area (Å²) in [7, 11) is 0. The van der Waals surface area contributed by atoms with Crippen molar-refractivity contribution in [1.82, 2.24) is 5.32 Å². The van der Waals surface area contributed by atoms with E-state index in [0.29, 0.717) is 16.3 Å². The fourth-order valence-corrected chi connectivity index (χ4v) is 3.82. The number of fused-ring (bicyclic) bond motifs is 1. The van der Waals surface area contributed by atoms with E-state index in [4.69, 9.17) is 16.3 Å². The zero-order valence-corrected chi connectivity index (χ0v) is 18.6. The van der Waals surface area contributed by atoms with E-state index in [2.05, 4.69) is 5.32 Å². The van der Waals surface area contributed by atoms with E-state index in [1.165, 1.54) is 43.3 Å². The molecular formula is C23H17ClF3NO4S. The van der Waals surface area contributed by atoms with Crippen LogP contribution in [-0.4, -0.2) is 22.5 Å². The van der Waals surface area contributed by atoms with Crippen molar-refractivity contribution in [2.45, 2.75) is 23.9 Å². The summed E-state index contributed by atoms with van der Waals surface area (Å²) in [6.45, 7) is 1.42. The first-order valence-corrected chi connectivity index (χ1v) is 10.7. The highest BCUT2D eigenvalue weighted by Gasteiger charge is 2.29. The number of carboxylic acids is 1. The summed E-state index contributed by atoms with van der Waals surface area (Å²) >= 11 is 6.12. The first kappa shape index (κ1) is 24.5. The lowest BCUT2D eigenvalue weighted by Crippen LogP contribution is -2.27. The minimum Gasteiger partial charge on any atom is -0.487 e. The van der Waals surface area contributed by atoms with Crippen LogP contribution in [0.4, 0.5) is 13.2 Å². The number of nitrogens with one attached hydrogen (secondary N) is 1. The highest BCUT2D eigenvalue weighted by Crippen LogP contribution is 2.38. The minimum atomic E-state index is -4.38. The van der Waals surface area contributed by atoms with Gasteiger partial charge in [-0.25, -0.2) is 4.79 Å². The Morgan fingerprint density at radius 1 is 1.12 bits per heavy atom. The Labute approximate surface area is 196 Å². The van der Waals surface area contributed by atoms with Crippen molar-refractivity contribution in [2.24, 2.45) is 0 Å². The van der Waals surface area contributed by atoms with Gasteiger partial charge < -0.3 is 15.2 Å². The van der Waals surface area contributed by atoms with Crippen molar-refractivity contribution in [3.05, 3.63) is 82.5 Å². The van der Waals surface area contributed by atoms with Crippen LogP contribution in [0.15, 0.2) is 71.3 Å². The van der Waals surface area contributed by atoms with Crippen molar-refractivity contribution in [1.29, 1.82) is 0 Å². The topological polar surface area (TPSA) is 75.6 Å². The molecule has 2 N–H and O–H groups in total. The Bertz CT molecular complexity index is 1230. The maximum absolute atomic E-state index is 12.9. The fraction of sp³-hybridized carbons (Fsp3) is 0.130. The number of hydrogen-bond acceptors (Lipinski definition) is 4. The Kier molecular flexibility index (Phi) is 7.55. The summed E-state index contributed by atoms with van der Waals surface area (Å²) in [4.78, 5) is 24.2. The van der Waals surface area contributed by atoms with Crippen LogP contribution in [0.1, 0.15) is 22.8 Å². The Balaban J connectivity index is 1.93. The van der Waals surface area contributed by atoms with Crippen molar-refractivity contribution in [2.75, 3.05) is 0 Å². The Morgan fingerprint density at radius 3 is 2.33 bits per heavy atom. The van der Waals surface area contributed by atoms with Crippen LogP contribution in [0.3, 0.4) is 0 Å². The minimum absolute atomic E-state index is 0.0172. The monoisotopic (exact) mass is 495 g/mol. The molecule has 0 aromatic heterocycles. The summed E-state index contributed by atoms with van der Waals surface area (Å²) in [5.74, 6) is -1.87. The molecule has 10 heteroatoms. The predicted octanol–water partition coefficient (Wildman–Crippen LogP) is 6.40. The molecule has 3 aromatic carbocycles. The van der Waals surface area contributed by atoms with E-state index in [9.17, 15) is 27.9 Å². The first-order valence-electron chi connectivity index (χ1n) is 9.48. The number of amides is 1. The molecule has 0 radical (unpaired) electrons. The van der Waals surface area contributed by atoms with Crippen LogP contribution < -0.4 is 10.1 Å². The third-order valence-electron chi connectivity index (χ3n) is 4.50. The van der Waals surface area contributed by atoms with E-state index in [-0.39, 0.29) is 45.3 Å². The van der Waals surface area contributed by atoms with Crippen LogP contribution >= 0.6 is 23.4 Å². The second-order valence-electron chi connectivity index (χ2n) is 6.72. The number of carboxylic acid groups (broad SMARTS) is 1. The van der Waals surface area contributed by atoms with E-state index in [1.807, 2.05) is 0 Å². The lowest BCUT2D eigenvalue weighted by Gasteiger charge is -2.16. The van der Waals surface area contributed by atoms with Gasteiger partial charge in [0.15, 0.2) is 0 Å². The van der Waals surface area contributed by atoms with Gasteiger partial charge in [0.05, 0.1) is 5.56 Å². The molecule has 3 aromatic rings. The van der Waals surface area contributed by atoms with E-state index >= 15 is 0 Å². The van der Waals surface area contributed by atoms with Crippen molar-refractivity contribution in [3.63, 3.8) is 0 Å².